The summed E-state index contributed by atoms with van der Waals surface area (Å²) in [5.74, 6) is -0.499. The molecule has 2 aromatic rings. The van der Waals surface area contributed by atoms with Gasteiger partial charge in [0.1, 0.15) is 0 Å². The number of aryl methyl sites for hydroxylation is 1. The Bertz CT molecular complexity index is 772. The van der Waals surface area contributed by atoms with E-state index < -0.39 is 15.9 Å². The first kappa shape index (κ1) is 16.5. The summed E-state index contributed by atoms with van der Waals surface area (Å²) in [5, 5.41) is 0. The van der Waals surface area contributed by atoms with Crippen LogP contribution in [0.5, 0.6) is 0 Å². The Kier molecular flexibility index (Phi) is 5.23. The summed E-state index contributed by atoms with van der Waals surface area (Å²) in [5.41, 5.74) is 3.61. The monoisotopic (exact) mass is 336 g/mol. The Balaban J connectivity index is 2.12. The summed E-state index contributed by atoms with van der Waals surface area (Å²) in [4.78, 5) is 15.1. The molecular weight excluding hydrogens is 320 g/mol. The van der Waals surface area contributed by atoms with Crippen LogP contribution < -0.4 is 10.3 Å². The number of sulfonamides is 1. The number of benzene rings is 2. The van der Waals surface area contributed by atoms with E-state index in [2.05, 4.69) is 10.3 Å². The van der Waals surface area contributed by atoms with Crippen LogP contribution in [0.1, 0.15) is 15.9 Å². The summed E-state index contributed by atoms with van der Waals surface area (Å²) >= 11 is 1.42. The minimum absolute atomic E-state index is 0.0940. The number of hydrazine groups is 1. The van der Waals surface area contributed by atoms with Gasteiger partial charge in [-0.3, -0.25) is 10.2 Å². The van der Waals surface area contributed by atoms with E-state index in [1.807, 2.05) is 19.2 Å². The van der Waals surface area contributed by atoms with Crippen molar-refractivity contribution in [3.63, 3.8) is 0 Å². The van der Waals surface area contributed by atoms with Gasteiger partial charge in [0.25, 0.3) is 15.9 Å². The van der Waals surface area contributed by atoms with Crippen molar-refractivity contribution in [3.05, 3.63) is 59.7 Å². The van der Waals surface area contributed by atoms with Gasteiger partial charge in [0, 0.05) is 4.90 Å². The van der Waals surface area contributed by atoms with E-state index in [0.717, 1.165) is 10.5 Å². The lowest BCUT2D eigenvalue weighted by Crippen LogP contribution is -2.41. The van der Waals surface area contributed by atoms with Crippen LogP contribution >= 0.6 is 11.8 Å². The molecule has 0 fully saturated rings. The molecule has 0 spiro atoms. The maximum atomic E-state index is 12.1. The normalized spacial score (nSPS) is 11.2. The van der Waals surface area contributed by atoms with Crippen LogP contribution in [0.25, 0.3) is 0 Å². The number of amides is 1. The van der Waals surface area contributed by atoms with E-state index in [4.69, 9.17) is 0 Å². The van der Waals surface area contributed by atoms with Gasteiger partial charge in [-0.1, -0.05) is 29.8 Å². The second kappa shape index (κ2) is 6.95. The van der Waals surface area contributed by atoms with E-state index in [1.165, 1.54) is 23.9 Å². The summed E-state index contributed by atoms with van der Waals surface area (Å²) in [6.45, 7) is 1.87. The fraction of sp³-hybridized carbons (Fsp3) is 0.133. The topological polar surface area (TPSA) is 75.3 Å². The fourth-order valence-corrected chi connectivity index (χ4v) is 3.22. The lowest BCUT2D eigenvalue weighted by atomic mass is 10.2. The Morgan fingerprint density at radius 3 is 2.32 bits per heavy atom. The average Bonchev–Trinajstić information content (AvgIpc) is 2.53. The molecule has 0 heterocycles. The molecule has 0 aliphatic rings. The second-order valence-electron chi connectivity index (χ2n) is 4.57. The zero-order valence-electron chi connectivity index (χ0n) is 12.2. The summed E-state index contributed by atoms with van der Waals surface area (Å²) < 4.78 is 24.2. The molecule has 0 aromatic heterocycles. The smallest absolute Gasteiger partial charge is 0.267 e. The Morgan fingerprint density at radius 2 is 1.68 bits per heavy atom. The first-order valence-electron chi connectivity index (χ1n) is 6.46. The van der Waals surface area contributed by atoms with Crippen molar-refractivity contribution >= 4 is 27.7 Å². The van der Waals surface area contributed by atoms with Crippen molar-refractivity contribution < 1.29 is 13.2 Å². The summed E-state index contributed by atoms with van der Waals surface area (Å²) in [6, 6.07) is 13.3. The maximum absolute atomic E-state index is 12.1. The maximum Gasteiger partial charge on any atom is 0.267 e. The molecule has 5 nitrogen and oxygen atoms in total. The molecule has 0 radical (unpaired) electrons. The number of carbonyl (C=O) groups excluding carboxylic acids is 1. The Hall–Kier alpha value is -1.83. The van der Waals surface area contributed by atoms with Crippen LogP contribution in [0.15, 0.2) is 58.3 Å². The van der Waals surface area contributed by atoms with Crippen LogP contribution in [0.3, 0.4) is 0 Å². The molecular formula is C15H16N2O3S2. The highest BCUT2D eigenvalue weighted by Crippen LogP contribution is 2.19. The first-order chi connectivity index (χ1) is 10.4. The second-order valence-corrected chi connectivity index (χ2v) is 7.10. The van der Waals surface area contributed by atoms with Crippen molar-refractivity contribution in [2.75, 3.05) is 6.26 Å². The van der Waals surface area contributed by atoms with Crippen molar-refractivity contribution in [1.29, 1.82) is 0 Å². The van der Waals surface area contributed by atoms with Gasteiger partial charge in [0.15, 0.2) is 0 Å². The molecule has 0 unspecified atom stereocenters. The molecule has 0 atom stereocenters. The number of hydrogen-bond acceptors (Lipinski definition) is 4. The molecule has 0 aliphatic heterocycles. The Morgan fingerprint density at radius 1 is 1.05 bits per heavy atom. The van der Waals surface area contributed by atoms with E-state index in [-0.39, 0.29) is 4.90 Å². The van der Waals surface area contributed by atoms with Crippen molar-refractivity contribution in [3.8, 4) is 0 Å². The fourth-order valence-electron chi connectivity index (χ4n) is 1.79. The zero-order chi connectivity index (χ0) is 16.2. The molecule has 0 aliphatic carbocycles. The predicted molar refractivity (Wildman–Crippen MR) is 87.2 cm³/mol. The van der Waals surface area contributed by atoms with Gasteiger partial charge < -0.3 is 0 Å². The van der Waals surface area contributed by atoms with Gasteiger partial charge in [-0.15, -0.1) is 16.6 Å². The van der Waals surface area contributed by atoms with Crippen LogP contribution in [0.2, 0.25) is 0 Å². The molecule has 2 aromatic carbocycles. The van der Waals surface area contributed by atoms with E-state index in [0.29, 0.717) is 5.56 Å². The third-order valence-electron chi connectivity index (χ3n) is 2.98. The molecule has 0 saturated heterocycles. The lowest BCUT2D eigenvalue weighted by Gasteiger charge is -2.10. The van der Waals surface area contributed by atoms with Crippen LogP contribution in [-0.4, -0.2) is 20.6 Å². The van der Waals surface area contributed by atoms with Crippen molar-refractivity contribution in [2.45, 2.75) is 16.7 Å². The lowest BCUT2D eigenvalue weighted by molar-refractivity contribution is 0.0942. The highest BCUT2D eigenvalue weighted by Gasteiger charge is 2.16. The number of rotatable bonds is 5. The predicted octanol–water partition coefficient (Wildman–Crippen LogP) is 2.34. The molecule has 2 rings (SSSR count). The molecule has 22 heavy (non-hydrogen) atoms. The van der Waals surface area contributed by atoms with E-state index >= 15 is 0 Å². The van der Waals surface area contributed by atoms with Gasteiger partial charge in [0.2, 0.25) is 0 Å². The average molecular weight is 336 g/mol. The third-order valence-corrected chi connectivity index (χ3v) is 5.04. The molecule has 1 amide bonds. The molecule has 7 heteroatoms. The number of hydrogen-bond donors (Lipinski definition) is 2. The van der Waals surface area contributed by atoms with Gasteiger partial charge in [-0.25, -0.2) is 8.42 Å². The van der Waals surface area contributed by atoms with Gasteiger partial charge in [0.05, 0.1) is 10.5 Å². The Labute approximate surface area is 134 Å². The summed E-state index contributed by atoms with van der Waals surface area (Å²) in [7, 11) is -3.79. The number of thioether (sulfide) groups is 1. The van der Waals surface area contributed by atoms with Gasteiger partial charge in [-0.05, 0) is 37.4 Å². The minimum atomic E-state index is -3.79. The molecule has 2 N–H and O–H groups in total. The van der Waals surface area contributed by atoms with E-state index in [1.54, 1.807) is 30.3 Å². The molecule has 0 saturated carbocycles. The highest BCUT2D eigenvalue weighted by atomic mass is 32.2. The first-order valence-corrected chi connectivity index (χ1v) is 9.16. The van der Waals surface area contributed by atoms with Crippen LogP contribution in [0, 0.1) is 6.92 Å². The SMILES string of the molecule is CSc1ccccc1C(=O)NNS(=O)(=O)c1ccc(C)cc1. The van der Waals surface area contributed by atoms with Crippen molar-refractivity contribution in [2.24, 2.45) is 0 Å². The van der Waals surface area contributed by atoms with Crippen LogP contribution in [-0.2, 0) is 10.0 Å². The van der Waals surface area contributed by atoms with E-state index in [9.17, 15) is 13.2 Å². The molecule has 116 valence electrons. The number of carbonyl (C=O) groups is 1. The quantitative estimate of drug-likeness (QED) is 0.649. The third kappa shape index (κ3) is 3.88. The minimum Gasteiger partial charge on any atom is -0.273 e. The zero-order valence-corrected chi connectivity index (χ0v) is 13.8. The summed E-state index contributed by atoms with van der Waals surface area (Å²) in [6.07, 6.45) is 1.85. The van der Waals surface area contributed by atoms with Gasteiger partial charge >= 0.3 is 0 Å². The van der Waals surface area contributed by atoms with Gasteiger partial charge in [-0.2, -0.15) is 0 Å². The standard InChI is InChI=1S/C15H16N2O3S2/c1-11-7-9-12(10-8-11)22(19,20)17-16-15(18)13-5-3-4-6-14(13)21-2/h3-10,17H,1-2H3,(H,16,18). The van der Waals surface area contributed by atoms with Crippen molar-refractivity contribution in [1.82, 2.24) is 10.3 Å². The molecule has 0 bridgehead atoms. The highest BCUT2D eigenvalue weighted by molar-refractivity contribution is 7.98. The van der Waals surface area contributed by atoms with Crippen LogP contribution in [0.4, 0.5) is 0 Å². The number of nitrogens with one attached hydrogen (secondary N) is 2. The largest absolute Gasteiger partial charge is 0.273 e.